The van der Waals surface area contributed by atoms with Crippen molar-refractivity contribution in [3.8, 4) is 0 Å². The lowest BCUT2D eigenvalue weighted by Crippen LogP contribution is -2.43. The van der Waals surface area contributed by atoms with Crippen LogP contribution in [0.4, 0.5) is 0 Å². The molecule has 0 aromatic heterocycles. The molecule has 0 aliphatic heterocycles. The number of carbonyl (C=O) groups excluding carboxylic acids is 2. The maximum absolute atomic E-state index is 12.3. The fourth-order valence-corrected chi connectivity index (χ4v) is 2.84. The van der Waals surface area contributed by atoms with Gasteiger partial charge in [0.2, 0.25) is 11.0 Å². The van der Waals surface area contributed by atoms with Gasteiger partial charge in [0.25, 0.3) is 0 Å². The van der Waals surface area contributed by atoms with Crippen LogP contribution < -0.4 is 5.32 Å². The van der Waals surface area contributed by atoms with Crippen LogP contribution >= 0.6 is 11.8 Å². The molecule has 0 radical (unpaired) electrons. The number of hydrogen-bond donors (Lipinski definition) is 2. The summed E-state index contributed by atoms with van der Waals surface area (Å²) in [5.74, 6) is -1.25. The number of amides is 1. The summed E-state index contributed by atoms with van der Waals surface area (Å²) >= 11 is 1.07. The fraction of sp³-hybridized carbons (Fsp3) is 0.500. The molecule has 24 heavy (non-hydrogen) atoms. The first kappa shape index (κ1) is 20.2. The monoisotopic (exact) mass is 351 g/mol. The molecule has 132 valence electrons. The van der Waals surface area contributed by atoms with E-state index in [-0.39, 0.29) is 10.5 Å². The predicted molar refractivity (Wildman–Crippen MR) is 95.9 cm³/mol. The zero-order valence-corrected chi connectivity index (χ0v) is 15.6. The summed E-state index contributed by atoms with van der Waals surface area (Å²) in [7, 11) is 0. The molecule has 0 atom stereocenters. The Balaban J connectivity index is 2.64. The number of rotatable bonds is 6. The van der Waals surface area contributed by atoms with Gasteiger partial charge in [0.05, 0.1) is 0 Å². The molecule has 0 saturated heterocycles. The van der Waals surface area contributed by atoms with Gasteiger partial charge in [-0.25, -0.2) is 0 Å². The third-order valence-corrected chi connectivity index (χ3v) is 4.92. The van der Waals surface area contributed by atoms with Crippen molar-refractivity contribution in [2.24, 2.45) is 5.41 Å². The summed E-state index contributed by atoms with van der Waals surface area (Å²) in [6.07, 6.45) is 0. The van der Waals surface area contributed by atoms with Crippen molar-refractivity contribution in [1.29, 1.82) is 0 Å². The Bertz CT molecular complexity index is 615. The van der Waals surface area contributed by atoms with Gasteiger partial charge < -0.3 is 10.4 Å². The molecular weight excluding hydrogens is 326 g/mol. The molecule has 1 rings (SSSR count). The van der Waals surface area contributed by atoms with Crippen molar-refractivity contribution < 1.29 is 19.5 Å². The zero-order valence-electron chi connectivity index (χ0n) is 14.8. The number of hydrogen-bond acceptors (Lipinski definition) is 4. The summed E-state index contributed by atoms with van der Waals surface area (Å²) in [5, 5.41) is 10.6. The van der Waals surface area contributed by atoms with Crippen LogP contribution in [0.15, 0.2) is 24.3 Å². The Kier molecular flexibility index (Phi) is 6.60. The summed E-state index contributed by atoms with van der Waals surface area (Å²) in [4.78, 5) is 34.8. The highest BCUT2D eigenvalue weighted by atomic mass is 32.2. The standard InChI is InChI=1S/C18H25NO4S/c1-17(2,3)13-8-6-12(7-9-13)11-24-16(23)18(4,5)15(22)19-10-14(20)21/h6-9H,10-11H2,1-5H3,(H,19,22)(H,20,21). The molecule has 1 aromatic rings. The van der Waals surface area contributed by atoms with Crippen molar-refractivity contribution in [2.45, 2.75) is 45.8 Å². The van der Waals surface area contributed by atoms with E-state index in [1.165, 1.54) is 19.4 Å². The third-order valence-electron chi connectivity index (χ3n) is 3.67. The molecule has 0 aliphatic carbocycles. The predicted octanol–water partition coefficient (Wildman–Crippen LogP) is 2.97. The van der Waals surface area contributed by atoms with Gasteiger partial charge in [-0.05, 0) is 30.4 Å². The molecule has 0 aliphatic rings. The maximum atomic E-state index is 12.3. The van der Waals surface area contributed by atoms with Gasteiger partial charge in [-0.3, -0.25) is 14.4 Å². The average molecular weight is 351 g/mol. The van der Waals surface area contributed by atoms with Gasteiger partial charge in [-0.15, -0.1) is 0 Å². The molecule has 2 N–H and O–H groups in total. The lowest BCUT2D eigenvalue weighted by molar-refractivity contribution is -0.141. The average Bonchev–Trinajstić information content (AvgIpc) is 2.49. The van der Waals surface area contributed by atoms with E-state index in [1.807, 2.05) is 24.3 Å². The quantitative estimate of drug-likeness (QED) is 0.770. The van der Waals surface area contributed by atoms with Crippen LogP contribution in [0.1, 0.15) is 45.7 Å². The van der Waals surface area contributed by atoms with E-state index in [0.717, 1.165) is 17.3 Å². The summed E-state index contributed by atoms with van der Waals surface area (Å²) in [6, 6.07) is 8.06. The first-order valence-electron chi connectivity index (χ1n) is 7.71. The van der Waals surface area contributed by atoms with Gasteiger partial charge in [-0.2, -0.15) is 0 Å². The second kappa shape index (κ2) is 7.83. The number of nitrogens with one attached hydrogen (secondary N) is 1. The van der Waals surface area contributed by atoms with E-state index in [0.29, 0.717) is 5.75 Å². The van der Waals surface area contributed by atoms with E-state index in [1.54, 1.807) is 0 Å². The minimum absolute atomic E-state index is 0.0751. The van der Waals surface area contributed by atoms with Crippen molar-refractivity contribution in [2.75, 3.05) is 6.54 Å². The molecule has 0 saturated carbocycles. The molecule has 1 amide bonds. The minimum atomic E-state index is -1.27. The van der Waals surface area contributed by atoms with Crippen LogP contribution in [0.25, 0.3) is 0 Å². The van der Waals surface area contributed by atoms with Crippen molar-refractivity contribution in [3.63, 3.8) is 0 Å². The van der Waals surface area contributed by atoms with Gasteiger partial charge >= 0.3 is 5.97 Å². The molecule has 0 fully saturated rings. The maximum Gasteiger partial charge on any atom is 0.322 e. The lowest BCUT2D eigenvalue weighted by atomic mass is 9.87. The third kappa shape index (κ3) is 5.67. The number of carboxylic acid groups (broad SMARTS) is 1. The van der Waals surface area contributed by atoms with E-state index >= 15 is 0 Å². The van der Waals surface area contributed by atoms with Crippen LogP contribution in [0.5, 0.6) is 0 Å². The molecule has 0 bridgehead atoms. The second-order valence-electron chi connectivity index (χ2n) is 7.22. The van der Waals surface area contributed by atoms with Crippen LogP contribution in [0.2, 0.25) is 0 Å². The summed E-state index contributed by atoms with van der Waals surface area (Å²) in [5.41, 5.74) is 1.02. The van der Waals surface area contributed by atoms with Crippen molar-refractivity contribution >= 4 is 28.8 Å². The topological polar surface area (TPSA) is 83.5 Å². The number of carbonyl (C=O) groups is 3. The Morgan fingerprint density at radius 2 is 1.58 bits per heavy atom. The molecule has 5 nitrogen and oxygen atoms in total. The van der Waals surface area contributed by atoms with E-state index < -0.39 is 23.8 Å². The highest BCUT2D eigenvalue weighted by Crippen LogP contribution is 2.28. The second-order valence-corrected chi connectivity index (χ2v) is 8.17. The Morgan fingerprint density at radius 1 is 1.04 bits per heavy atom. The Labute approximate surface area is 147 Å². The van der Waals surface area contributed by atoms with Crippen LogP contribution in [-0.4, -0.2) is 28.6 Å². The number of thioether (sulfide) groups is 1. The van der Waals surface area contributed by atoms with Crippen LogP contribution in [0.3, 0.4) is 0 Å². The summed E-state index contributed by atoms with van der Waals surface area (Å²) in [6.45, 7) is 8.93. The fourth-order valence-electron chi connectivity index (χ4n) is 1.90. The minimum Gasteiger partial charge on any atom is -0.480 e. The van der Waals surface area contributed by atoms with E-state index in [9.17, 15) is 14.4 Å². The highest BCUT2D eigenvalue weighted by molar-refractivity contribution is 8.13. The molecule has 0 unspecified atom stereocenters. The molecule has 6 heteroatoms. The van der Waals surface area contributed by atoms with Gasteiger partial charge in [-0.1, -0.05) is 56.8 Å². The van der Waals surface area contributed by atoms with E-state index in [4.69, 9.17) is 5.11 Å². The van der Waals surface area contributed by atoms with Crippen molar-refractivity contribution in [1.82, 2.24) is 5.32 Å². The number of aliphatic carboxylic acids is 1. The highest BCUT2D eigenvalue weighted by Gasteiger charge is 2.36. The molecular formula is C18H25NO4S. The zero-order chi connectivity index (χ0) is 18.5. The van der Waals surface area contributed by atoms with Gasteiger partial charge in [0.1, 0.15) is 12.0 Å². The Hall–Kier alpha value is -1.82. The van der Waals surface area contributed by atoms with Crippen LogP contribution in [0, 0.1) is 5.41 Å². The summed E-state index contributed by atoms with van der Waals surface area (Å²) < 4.78 is 0. The largest absolute Gasteiger partial charge is 0.480 e. The molecule has 0 heterocycles. The first-order chi connectivity index (χ1) is 10.9. The lowest BCUT2D eigenvalue weighted by Gasteiger charge is -2.21. The normalized spacial score (nSPS) is 11.9. The smallest absolute Gasteiger partial charge is 0.322 e. The van der Waals surface area contributed by atoms with Crippen LogP contribution in [-0.2, 0) is 25.6 Å². The number of carboxylic acids is 1. The first-order valence-corrected chi connectivity index (χ1v) is 8.70. The van der Waals surface area contributed by atoms with Gasteiger partial charge in [0, 0.05) is 5.75 Å². The van der Waals surface area contributed by atoms with E-state index in [2.05, 4.69) is 26.1 Å². The van der Waals surface area contributed by atoms with Gasteiger partial charge in [0.15, 0.2) is 0 Å². The SMILES string of the molecule is CC(C)(C(=O)NCC(=O)O)C(=O)SCc1ccc(C(C)(C)C)cc1. The Morgan fingerprint density at radius 3 is 2.04 bits per heavy atom. The van der Waals surface area contributed by atoms with Crippen molar-refractivity contribution in [3.05, 3.63) is 35.4 Å². The number of benzene rings is 1. The molecule has 1 aromatic carbocycles. The molecule has 0 spiro atoms.